The molecule has 0 atom stereocenters. The van der Waals surface area contributed by atoms with E-state index in [1.807, 2.05) is 0 Å². The Balaban J connectivity index is 1.16. The number of halogens is 4. The number of hydrogen-bond acceptors (Lipinski definition) is 6. The molecule has 1 saturated heterocycles. The second-order valence-corrected chi connectivity index (χ2v) is 8.81. The maximum Gasteiger partial charge on any atom is 0.416 e. The number of amides is 2. The normalized spacial score (nSPS) is 14.7. The third-order valence-electron chi connectivity index (χ3n) is 5.56. The van der Waals surface area contributed by atoms with Gasteiger partial charge in [-0.15, -0.1) is 0 Å². The van der Waals surface area contributed by atoms with E-state index in [4.69, 9.17) is 0 Å². The van der Waals surface area contributed by atoms with Gasteiger partial charge in [0.2, 0.25) is 5.13 Å². The third kappa shape index (κ3) is 7.12. The number of nitrogens with zero attached hydrogens (tertiary/aromatic N) is 4. The molecule has 3 aromatic rings. The van der Waals surface area contributed by atoms with Crippen molar-refractivity contribution in [3.63, 3.8) is 0 Å². The van der Waals surface area contributed by atoms with Crippen LogP contribution in [0.3, 0.4) is 0 Å². The van der Waals surface area contributed by atoms with Crippen LogP contribution in [0.2, 0.25) is 0 Å². The Kier molecular flexibility index (Phi) is 7.81. The molecule has 1 aromatic heterocycles. The molecule has 7 nitrogen and oxygen atoms in total. The Morgan fingerprint density at radius 1 is 1.00 bits per heavy atom. The number of rotatable bonds is 7. The molecule has 2 heterocycles. The number of piperazine rings is 1. The first-order chi connectivity index (χ1) is 16.8. The Bertz CT molecular complexity index is 1110. The van der Waals surface area contributed by atoms with E-state index in [1.165, 1.54) is 35.8 Å². The van der Waals surface area contributed by atoms with Crippen LogP contribution in [0.25, 0.3) is 0 Å². The molecule has 2 N–H and O–H groups in total. The van der Waals surface area contributed by atoms with Gasteiger partial charge in [0.1, 0.15) is 11.6 Å². The summed E-state index contributed by atoms with van der Waals surface area (Å²) in [6, 6.07) is 10.1. The van der Waals surface area contributed by atoms with Gasteiger partial charge in [-0.1, -0.05) is 12.1 Å². The molecule has 1 fully saturated rings. The molecule has 35 heavy (non-hydrogen) atoms. The van der Waals surface area contributed by atoms with Gasteiger partial charge in [-0.2, -0.15) is 17.5 Å². The summed E-state index contributed by atoms with van der Waals surface area (Å²) in [7, 11) is 0. The number of urea groups is 1. The molecule has 2 amide bonds. The lowest BCUT2D eigenvalue weighted by Crippen LogP contribution is -2.48. The molecule has 0 bridgehead atoms. The first-order valence-corrected chi connectivity index (χ1v) is 11.8. The van der Waals surface area contributed by atoms with Gasteiger partial charge in [-0.25, -0.2) is 14.2 Å². The number of nitrogens with one attached hydrogen (secondary N) is 2. The maximum absolute atomic E-state index is 13.1. The van der Waals surface area contributed by atoms with E-state index in [9.17, 15) is 22.4 Å². The van der Waals surface area contributed by atoms with Crippen molar-refractivity contribution in [1.82, 2.24) is 19.6 Å². The molecule has 1 aliphatic heterocycles. The summed E-state index contributed by atoms with van der Waals surface area (Å²) in [5, 5.41) is 6.11. The molecule has 0 aliphatic carbocycles. The molecule has 0 unspecified atom stereocenters. The average Bonchev–Trinajstić information content (AvgIpc) is 3.29. The van der Waals surface area contributed by atoms with Crippen molar-refractivity contribution in [3.05, 3.63) is 71.3 Å². The summed E-state index contributed by atoms with van der Waals surface area (Å²) in [5.41, 5.74) is 0.482. The number of aromatic nitrogens is 2. The zero-order valence-electron chi connectivity index (χ0n) is 18.7. The molecule has 4 rings (SSSR count). The Labute approximate surface area is 203 Å². The fourth-order valence-electron chi connectivity index (χ4n) is 3.64. The lowest BCUT2D eigenvalue weighted by Gasteiger charge is -2.34. The van der Waals surface area contributed by atoms with Crippen molar-refractivity contribution < 1.29 is 22.4 Å². The molecular formula is C23H24F4N6OS. The Morgan fingerprint density at radius 3 is 2.34 bits per heavy atom. The summed E-state index contributed by atoms with van der Waals surface area (Å²) in [4.78, 5) is 21.0. The summed E-state index contributed by atoms with van der Waals surface area (Å²) in [6.45, 7) is 4.23. The van der Waals surface area contributed by atoms with Crippen LogP contribution in [0.5, 0.6) is 0 Å². The number of alkyl halides is 3. The van der Waals surface area contributed by atoms with E-state index < -0.39 is 17.8 Å². The molecule has 186 valence electrons. The number of hydrogen-bond donors (Lipinski definition) is 2. The van der Waals surface area contributed by atoms with Crippen molar-refractivity contribution in [3.8, 4) is 0 Å². The first kappa shape index (κ1) is 24.9. The highest BCUT2D eigenvalue weighted by molar-refractivity contribution is 7.09. The fourth-order valence-corrected chi connectivity index (χ4v) is 4.37. The quantitative estimate of drug-likeness (QED) is 0.468. The number of anilines is 2. The standard InChI is InChI=1S/C23H24F4N6OS/c24-18-5-1-16(2-6-18)15-20-30-22(35-31-20)33-13-11-32(12-14-33)10-9-28-21(34)29-19-7-3-17(4-8-19)23(25,26)27/h1-8H,9-15H2,(H2,28,29,34). The zero-order chi connectivity index (χ0) is 24.8. The van der Waals surface area contributed by atoms with Crippen LogP contribution in [0, 0.1) is 5.82 Å². The van der Waals surface area contributed by atoms with Crippen LogP contribution >= 0.6 is 11.5 Å². The summed E-state index contributed by atoms with van der Waals surface area (Å²) < 4.78 is 55.3. The van der Waals surface area contributed by atoms with Crippen LogP contribution in [0.1, 0.15) is 17.0 Å². The Hall–Kier alpha value is -3.25. The molecule has 0 saturated carbocycles. The van der Waals surface area contributed by atoms with E-state index >= 15 is 0 Å². The SMILES string of the molecule is O=C(NCCN1CCN(c2nc(Cc3ccc(F)cc3)ns2)CC1)Nc1ccc(C(F)(F)F)cc1. The first-order valence-electron chi connectivity index (χ1n) is 11.0. The molecule has 0 radical (unpaired) electrons. The maximum atomic E-state index is 13.1. The van der Waals surface area contributed by atoms with Crippen LogP contribution in [0.15, 0.2) is 48.5 Å². The van der Waals surface area contributed by atoms with Gasteiger partial charge < -0.3 is 15.5 Å². The minimum atomic E-state index is -4.41. The summed E-state index contributed by atoms with van der Waals surface area (Å²) in [5.74, 6) is 0.441. The molecule has 1 aliphatic rings. The highest BCUT2D eigenvalue weighted by Crippen LogP contribution is 2.29. The largest absolute Gasteiger partial charge is 0.416 e. The van der Waals surface area contributed by atoms with Crippen LogP contribution < -0.4 is 15.5 Å². The molecule has 12 heteroatoms. The zero-order valence-corrected chi connectivity index (χ0v) is 19.5. The predicted molar refractivity (Wildman–Crippen MR) is 126 cm³/mol. The summed E-state index contributed by atoms with van der Waals surface area (Å²) in [6.07, 6.45) is -3.86. The van der Waals surface area contributed by atoms with Gasteiger partial charge in [0, 0.05) is 62.9 Å². The lowest BCUT2D eigenvalue weighted by molar-refractivity contribution is -0.137. The minimum Gasteiger partial charge on any atom is -0.344 e. The van der Waals surface area contributed by atoms with Gasteiger partial charge in [0.25, 0.3) is 0 Å². The van der Waals surface area contributed by atoms with Crippen molar-refractivity contribution >= 4 is 28.4 Å². The number of carbonyl (C=O) groups is 1. The van der Waals surface area contributed by atoms with Gasteiger partial charge in [-0.3, -0.25) is 4.90 Å². The van der Waals surface area contributed by atoms with Gasteiger partial charge >= 0.3 is 12.2 Å². The second-order valence-electron chi connectivity index (χ2n) is 8.08. The smallest absolute Gasteiger partial charge is 0.344 e. The lowest BCUT2D eigenvalue weighted by atomic mass is 10.1. The van der Waals surface area contributed by atoms with Gasteiger partial charge in [0.15, 0.2) is 0 Å². The molecular weight excluding hydrogens is 484 g/mol. The Morgan fingerprint density at radius 2 is 1.69 bits per heavy atom. The molecule has 0 spiro atoms. The van der Waals surface area contributed by atoms with Crippen molar-refractivity contribution in [2.45, 2.75) is 12.6 Å². The van der Waals surface area contributed by atoms with E-state index in [0.29, 0.717) is 31.0 Å². The van der Waals surface area contributed by atoms with Gasteiger partial charge in [-0.05, 0) is 42.0 Å². The van der Waals surface area contributed by atoms with Crippen molar-refractivity contribution in [2.75, 3.05) is 49.5 Å². The second kappa shape index (κ2) is 11.0. The van der Waals surface area contributed by atoms with Gasteiger partial charge in [0.05, 0.1) is 5.56 Å². The minimum absolute atomic E-state index is 0.270. The highest BCUT2D eigenvalue weighted by atomic mass is 32.1. The highest BCUT2D eigenvalue weighted by Gasteiger charge is 2.30. The monoisotopic (exact) mass is 508 g/mol. The molecule has 2 aromatic carbocycles. The topological polar surface area (TPSA) is 73.4 Å². The number of benzene rings is 2. The van der Waals surface area contributed by atoms with E-state index in [2.05, 4.69) is 29.8 Å². The van der Waals surface area contributed by atoms with E-state index in [0.717, 1.165) is 49.0 Å². The van der Waals surface area contributed by atoms with E-state index in [1.54, 1.807) is 12.1 Å². The fraction of sp³-hybridized carbons (Fsp3) is 0.348. The van der Waals surface area contributed by atoms with E-state index in [-0.39, 0.29) is 5.82 Å². The summed E-state index contributed by atoms with van der Waals surface area (Å²) >= 11 is 1.35. The van der Waals surface area contributed by atoms with Crippen molar-refractivity contribution in [2.24, 2.45) is 0 Å². The van der Waals surface area contributed by atoms with Crippen LogP contribution in [-0.2, 0) is 12.6 Å². The van der Waals surface area contributed by atoms with Crippen LogP contribution in [0.4, 0.5) is 33.2 Å². The number of carbonyl (C=O) groups excluding carboxylic acids is 1. The third-order valence-corrected chi connectivity index (χ3v) is 6.37. The van der Waals surface area contributed by atoms with Crippen molar-refractivity contribution in [1.29, 1.82) is 0 Å². The predicted octanol–water partition coefficient (Wildman–Crippen LogP) is 4.23. The average molecular weight is 509 g/mol. The van der Waals surface area contributed by atoms with Crippen LogP contribution in [-0.4, -0.2) is 59.6 Å².